The smallest absolute Gasteiger partial charge is 0.554 e. The van der Waals surface area contributed by atoms with E-state index < -0.39 is 25.9 Å². The Morgan fingerprint density at radius 3 is 0.571 bits per heavy atom. The molecule has 0 N–H and O–H groups in total. The summed E-state index contributed by atoms with van der Waals surface area (Å²) in [6.07, 6.45) is 0. The molecule has 10 heteroatoms. The van der Waals surface area contributed by atoms with E-state index in [1.807, 2.05) is 0 Å². The molecule has 0 atom stereocenters. The normalized spacial score (nSPS) is 3.43. The molecule has 0 unspecified atom stereocenters. The zero-order chi connectivity index (χ0) is 10.8. The van der Waals surface area contributed by atoms with Gasteiger partial charge in [0.1, 0.15) is 0 Å². The Hall–Kier alpha value is 0.854. The van der Waals surface area contributed by atoms with Crippen LogP contribution >= 0.6 is 0 Å². The van der Waals surface area contributed by atoms with Gasteiger partial charge in [0.25, 0.3) is 0 Å². The zero-order valence-electron chi connectivity index (χ0n) is 6.98. The van der Waals surface area contributed by atoms with Crippen molar-refractivity contribution < 1.29 is 131 Å². The summed E-state index contributed by atoms with van der Waals surface area (Å²) in [4.78, 5) is 33.0. The average molecular weight is 370 g/mol. The first-order valence-electron chi connectivity index (χ1n) is 1.89. The first-order valence-corrected chi connectivity index (χ1v) is 1.89. The summed E-state index contributed by atoms with van der Waals surface area (Å²) >= 11 is 0. The second kappa shape index (κ2) is 97.2. The van der Waals surface area contributed by atoms with Crippen molar-refractivity contribution in [3.63, 3.8) is 0 Å². The molecule has 0 amide bonds. The molecule has 0 saturated heterocycles. The molecule has 0 aliphatic heterocycles. The quantitative estimate of drug-likeness (QED) is 0.300. The molecule has 1 radical (unpaired) electrons. The SMILES string of the molecule is O=C[O-].O=C[O-].O=C[O-].O=C[O-].[K+].[Sm+3]. The third-order valence-electron chi connectivity index (χ3n) is 0. The third kappa shape index (κ3) is 2480. The van der Waals surface area contributed by atoms with Crippen LogP contribution in [0, 0.1) is 40.4 Å². The van der Waals surface area contributed by atoms with E-state index in [0.29, 0.717) is 0 Å². The molecule has 14 heavy (non-hydrogen) atoms. The predicted octanol–water partition coefficient (Wildman–Crippen LogP) is -9.53. The molecule has 0 spiro atoms. The molecule has 0 aliphatic carbocycles. The second-order valence-corrected chi connectivity index (χ2v) is 0.385. The van der Waals surface area contributed by atoms with E-state index in [1.54, 1.807) is 0 Å². The van der Waals surface area contributed by atoms with Gasteiger partial charge in [-0.2, -0.15) is 0 Å². The standard InChI is InChI=1S/4CH2O2.K.Sm/c4*2-1-3;;/h4*1H,(H,2,3);;/q;;;;+1;+3/p-4. The Morgan fingerprint density at radius 1 is 0.571 bits per heavy atom. The molecule has 0 rings (SSSR count). The maximum absolute atomic E-state index is 8.25. The van der Waals surface area contributed by atoms with Gasteiger partial charge in [0.15, 0.2) is 0 Å². The number of carbonyl (C=O) groups is 4. The minimum atomic E-state index is -0.500. The summed E-state index contributed by atoms with van der Waals surface area (Å²) in [5.74, 6) is 0. The van der Waals surface area contributed by atoms with Crippen molar-refractivity contribution in [2.75, 3.05) is 0 Å². The van der Waals surface area contributed by atoms with Crippen LogP contribution in [0.4, 0.5) is 0 Å². The van der Waals surface area contributed by atoms with Crippen molar-refractivity contribution in [2.45, 2.75) is 0 Å². The summed E-state index contributed by atoms with van der Waals surface area (Å²) in [6, 6.07) is 0. The first-order chi connectivity index (χ1) is 5.66. The van der Waals surface area contributed by atoms with Gasteiger partial charge in [0.2, 0.25) is 0 Å². The van der Waals surface area contributed by atoms with Gasteiger partial charge in [-0.3, -0.25) is 0 Å². The maximum Gasteiger partial charge on any atom is 3.00 e. The van der Waals surface area contributed by atoms with E-state index in [9.17, 15) is 0 Å². The summed E-state index contributed by atoms with van der Waals surface area (Å²) in [7, 11) is 0. The van der Waals surface area contributed by atoms with E-state index in [1.165, 1.54) is 0 Å². The van der Waals surface area contributed by atoms with E-state index in [-0.39, 0.29) is 91.8 Å². The second-order valence-electron chi connectivity index (χ2n) is 0.385. The fourth-order valence-corrected chi connectivity index (χ4v) is 0. The Labute approximate surface area is 154 Å². The Kier molecular flexibility index (Phi) is 252. The molecule has 8 nitrogen and oxygen atoms in total. The number of rotatable bonds is 0. The van der Waals surface area contributed by atoms with Crippen molar-refractivity contribution in [1.29, 1.82) is 0 Å². The average Bonchev–Trinajstić information content (AvgIpc) is 1.92. The minimum Gasteiger partial charge on any atom is -0.554 e. The monoisotopic (exact) mass is 371 g/mol. The van der Waals surface area contributed by atoms with Crippen molar-refractivity contribution in [3.8, 4) is 0 Å². The topological polar surface area (TPSA) is 161 Å². The Balaban J connectivity index is -0.0000000145. The number of carboxylic acid groups (broad SMARTS) is 4. The zero-order valence-corrected chi connectivity index (χ0v) is 12.7. The fourth-order valence-electron chi connectivity index (χ4n) is 0. The molecule has 0 aliphatic rings. The van der Waals surface area contributed by atoms with Crippen LogP contribution in [-0.4, -0.2) is 25.9 Å². The molecular weight excluding hydrogens is 365 g/mol. The van der Waals surface area contributed by atoms with Crippen molar-refractivity contribution in [2.24, 2.45) is 0 Å². The third-order valence-corrected chi connectivity index (χ3v) is 0. The number of hydrogen-bond acceptors (Lipinski definition) is 8. The van der Waals surface area contributed by atoms with Crippen LogP contribution in [-0.2, 0) is 19.2 Å². The van der Waals surface area contributed by atoms with Gasteiger partial charge < -0.3 is 39.6 Å². The number of hydrogen-bond donors (Lipinski definition) is 0. The molecule has 0 heterocycles. The van der Waals surface area contributed by atoms with Crippen LogP contribution in [0.15, 0.2) is 0 Å². The van der Waals surface area contributed by atoms with Gasteiger partial charge >= 0.3 is 91.8 Å². The van der Waals surface area contributed by atoms with E-state index in [4.69, 9.17) is 39.6 Å². The van der Waals surface area contributed by atoms with Crippen LogP contribution in [0.2, 0.25) is 0 Å². The van der Waals surface area contributed by atoms with Crippen LogP contribution < -0.4 is 71.8 Å². The predicted molar refractivity (Wildman–Crippen MR) is 24.3 cm³/mol. The van der Waals surface area contributed by atoms with E-state index in [2.05, 4.69) is 0 Å². The maximum atomic E-state index is 8.25. The molecule has 75 valence electrons. The van der Waals surface area contributed by atoms with E-state index >= 15 is 0 Å². The molecular formula is C4H4KO8Sm. The Bertz CT molecular complexity index is 75.3. The molecule has 0 fully saturated rings. The van der Waals surface area contributed by atoms with Crippen molar-refractivity contribution >= 4 is 25.9 Å². The summed E-state index contributed by atoms with van der Waals surface area (Å²) in [5, 5.41) is 33.0. The minimum absolute atomic E-state index is 0. The van der Waals surface area contributed by atoms with Gasteiger partial charge in [0.05, 0.1) is 0 Å². The molecule has 0 aromatic heterocycles. The summed E-state index contributed by atoms with van der Waals surface area (Å²) in [5.41, 5.74) is 0. The molecule has 0 aromatic rings. The molecule has 0 saturated carbocycles. The van der Waals surface area contributed by atoms with Gasteiger partial charge in [-0.15, -0.1) is 0 Å². The largest absolute Gasteiger partial charge is 3.00 e. The van der Waals surface area contributed by atoms with E-state index in [0.717, 1.165) is 0 Å². The van der Waals surface area contributed by atoms with Gasteiger partial charge in [-0.1, -0.05) is 0 Å². The van der Waals surface area contributed by atoms with Gasteiger partial charge in [0, 0.05) is 25.9 Å². The summed E-state index contributed by atoms with van der Waals surface area (Å²) in [6.45, 7) is -2.00. The Morgan fingerprint density at radius 2 is 0.571 bits per heavy atom. The molecule has 0 aromatic carbocycles. The number of carbonyl (C=O) groups excluding carboxylic acids is 4. The van der Waals surface area contributed by atoms with Crippen molar-refractivity contribution in [1.82, 2.24) is 0 Å². The van der Waals surface area contributed by atoms with Crippen LogP contribution in [0.5, 0.6) is 0 Å². The van der Waals surface area contributed by atoms with Gasteiger partial charge in [-0.05, 0) is 0 Å². The van der Waals surface area contributed by atoms with Gasteiger partial charge in [-0.25, -0.2) is 0 Å². The van der Waals surface area contributed by atoms with Crippen molar-refractivity contribution in [3.05, 3.63) is 0 Å². The van der Waals surface area contributed by atoms with Crippen LogP contribution in [0.3, 0.4) is 0 Å². The fraction of sp³-hybridized carbons (Fsp3) is 0. The molecule has 0 bridgehead atoms. The first kappa shape index (κ1) is 36.4. The van der Waals surface area contributed by atoms with Crippen LogP contribution in [0.25, 0.3) is 0 Å². The summed E-state index contributed by atoms with van der Waals surface area (Å²) < 4.78 is 0. The van der Waals surface area contributed by atoms with Crippen LogP contribution in [0.1, 0.15) is 0 Å².